The first-order chi connectivity index (χ1) is 8.31. The van der Waals surface area contributed by atoms with Gasteiger partial charge >= 0.3 is 0 Å². The first-order valence-electron chi connectivity index (χ1n) is 5.57. The standard InChI is InChI=1S/C13H18ClNO2/c1-3-15-10-11-5-6-12(13(9-11)16-2)17-8-4-7-14/h4-7,9,15H,3,8,10H2,1-2H3/b7-4+. The van der Waals surface area contributed by atoms with Gasteiger partial charge in [0.1, 0.15) is 6.61 Å². The van der Waals surface area contributed by atoms with Crippen molar-refractivity contribution in [1.82, 2.24) is 5.32 Å². The van der Waals surface area contributed by atoms with E-state index in [9.17, 15) is 0 Å². The number of benzene rings is 1. The van der Waals surface area contributed by atoms with E-state index < -0.39 is 0 Å². The number of hydrogen-bond donors (Lipinski definition) is 1. The third kappa shape index (κ3) is 4.67. The number of ether oxygens (including phenoxy) is 2. The number of halogens is 1. The van der Waals surface area contributed by atoms with Crippen molar-refractivity contribution >= 4 is 11.6 Å². The SMILES string of the molecule is CCNCc1ccc(OC/C=C/Cl)c(OC)c1. The number of nitrogens with one attached hydrogen (secondary N) is 1. The van der Waals surface area contributed by atoms with E-state index in [1.807, 2.05) is 18.2 Å². The van der Waals surface area contributed by atoms with Gasteiger partial charge < -0.3 is 14.8 Å². The van der Waals surface area contributed by atoms with Crippen LogP contribution in [-0.4, -0.2) is 20.3 Å². The molecule has 0 aromatic heterocycles. The van der Waals surface area contributed by atoms with Gasteiger partial charge in [0.05, 0.1) is 7.11 Å². The van der Waals surface area contributed by atoms with Crippen LogP contribution in [0.5, 0.6) is 11.5 Å². The second kappa shape index (κ2) is 7.98. The van der Waals surface area contributed by atoms with Gasteiger partial charge in [-0.1, -0.05) is 24.6 Å². The summed E-state index contributed by atoms with van der Waals surface area (Å²) in [6, 6.07) is 5.90. The zero-order chi connectivity index (χ0) is 12.5. The van der Waals surface area contributed by atoms with E-state index in [0.29, 0.717) is 6.61 Å². The van der Waals surface area contributed by atoms with E-state index in [1.165, 1.54) is 11.1 Å². The van der Waals surface area contributed by atoms with Crippen molar-refractivity contribution < 1.29 is 9.47 Å². The first kappa shape index (κ1) is 13.9. The Morgan fingerprint density at radius 3 is 2.82 bits per heavy atom. The molecule has 1 N–H and O–H groups in total. The maximum atomic E-state index is 5.51. The largest absolute Gasteiger partial charge is 0.493 e. The zero-order valence-corrected chi connectivity index (χ0v) is 11.0. The fourth-order valence-corrected chi connectivity index (χ4v) is 1.46. The minimum atomic E-state index is 0.437. The van der Waals surface area contributed by atoms with Crippen molar-refractivity contribution in [1.29, 1.82) is 0 Å². The lowest BCUT2D eigenvalue weighted by Crippen LogP contribution is -2.11. The molecule has 17 heavy (non-hydrogen) atoms. The van der Waals surface area contributed by atoms with Crippen LogP contribution in [0.4, 0.5) is 0 Å². The van der Waals surface area contributed by atoms with Crippen molar-refractivity contribution in [3.8, 4) is 11.5 Å². The summed E-state index contributed by atoms with van der Waals surface area (Å²) in [6.45, 7) is 4.29. The number of rotatable bonds is 7. The molecule has 1 aromatic rings. The molecule has 0 fully saturated rings. The summed E-state index contributed by atoms with van der Waals surface area (Å²) in [5.41, 5.74) is 2.61. The maximum absolute atomic E-state index is 5.51. The molecule has 0 heterocycles. The van der Waals surface area contributed by atoms with Crippen molar-refractivity contribution in [2.45, 2.75) is 13.5 Å². The Bertz CT molecular complexity index is 366. The van der Waals surface area contributed by atoms with Crippen LogP contribution in [0.1, 0.15) is 12.5 Å². The van der Waals surface area contributed by atoms with Crippen LogP contribution in [0.2, 0.25) is 0 Å². The average molecular weight is 256 g/mol. The lowest BCUT2D eigenvalue weighted by atomic mass is 10.2. The summed E-state index contributed by atoms with van der Waals surface area (Å²) in [4.78, 5) is 0. The Balaban J connectivity index is 2.70. The molecule has 0 saturated heterocycles. The van der Waals surface area contributed by atoms with Crippen molar-refractivity contribution in [2.24, 2.45) is 0 Å². The van der Waals surface area contributed by atoms with Gasteiger partial charge in [-0.05, 0) is 30.3 Å². The smallest absolute Gasteiger partial charge is 0.161 e. The van der Waals surface area contributed by atoms with E-state index in [1.54, 1.807) is 13.2 Å². The summed E-state index contributed by atoms with van der Waals surface area (Å²) in [5.74, 6) is 1.46. The third-order valence-corrected chi connectivity index (χ3v) is 2.41. The van der Waals surface area contributed by atoms with Crippen LogP contribution < -0.4 is 14.8 Å². The summed E-state index contributed by atoms with van der Waals surface area (Å²) in [6.07, 6.45) is 1.73. The van der Waals surface area contributed by atoms with Crippen LogP contribution >= 0.6 is 11.6 Å². The summed E-state index contributed by atoms with van der Waals surface area (Å²) in [7, 11) is 1.64. The molecule has 0 amide bonds. The van der Waals surface area contributed by atoms with Gasteiger partial charge in [0.15, 0.2) is 11.5 Å². The molecule has 0 saturated carbocycles. The van der Waals surface area contributed by atoms with Gasteiger partial charge in [-0.25, -0.2) is 0 Å². The lowest BCUT2D eigenvalue weighted by molar-refractivity contribution is 0.326. The molecule has 1 rings (SSSR count). The molecule has 0 radical (unpaired) electrons. The Morgan fingerprint density at radius 1 is 1.35 bits per heavy atom. The summed E-state index contributed by atoms with van der Waals surface area (Å²) < 4.78 is 10.8. The Labute approximate surface area is 107 Å². The number of methoxy groups -OCH3 is 1. The minimum absolute atomic E-state index is 0.437. The molecule has 0 aliphatic carbocycles. The molecule has 3 nitrogen and oxygen atoms in total. The predicted molar refractivity (Wildman–Crippen MR) is 70.9 cm³/mol. The summed E-state index contributed by atoms with van der Waals surface area (Å²) >= 11 is 5.42. The molecule has 4 heteroatoms. The molecular formula is C13H18ClNO2. The summed E-state index contributed by atoms with van der Waals surface area (Å²) in [5, 5.41) is 3.26. The molecule has 0 atom stereocenters. The van der Waals surface area contributed by atoms with Gasteiger partial charge in [0.2, 0.25) is 0 Å². The average Bonchev–Trinajstić information content (AvgIpc) is 2.37. The van der Waals surface area contributed by atoms with E-state index >= 15 is 0 Å². The fraction of sp³-hybridized carbons (Fsp3) is 0.385. The Hall–Kier alpha value is -1.19. The molecule has 94 valence electrons. The molecule has 0 unspecified atom stereocenters. The van der Waals surface area contributed by atoms with Gasteiger partial charge in [0.25, 0.3) is 0 Å². The van der Waals surface area contributed by atoms with E-state index in [0.717, 1.165) is 24.6 Å². The van der Waals surface area contributed by atoms with Crippen molar-refractivity contribution in [2.75, 3.05) is 20.3 Å². The molecule has 0 aliphatic heterocycles. The van der Waals surface area contributed by atoms with Crippen LogP contribution in [0.25, 0.3) is 0 Å². The molecular weight excluding hydrogens is 238 g/mol. The van der Waals surface area contributed by atoms with Crippen LogP contribution in [-0.2, 0) is 6.54 Å². The minimum Gasteiger partial charge on any atom is -0.493 e. The quantitative estimate of drug-likeness (QED) is 0.813. The lowest BCUT2D eigenvalue weighted by Gasteiger charge is -2.11. The van der Waals surface area contributed by atoms with Crippen LogP contribution in [0.15, 0.2) is 29.8 Å². The number of hydrogen-bond acceptors (Lipinski definition) is 3. The third-order valence-electron chi connectivity index (χ3n) is 2.23. The second-order valence-electron chi connectivity index (χ2n) is 3.44. The molecule has 1 aromatic carbocycles. The molecule has 0 aliphatic rings. The fourth-order valence-electron chi connectivity index (χ4n) is 1.38. The Kier molecular flexibility index (Phi) is 6.51. The van der Waals surface area contributed by atoms with Crippen molar-refractivity contribution in [3.63, 3.8) is 0 Å². The van der Waals surface area contributed by atoms with E-state index in [4.69, 9.17) is 21.1 Å². The molecule has 0 bridgehead atoms. The molecule has 0 spiro atoms. The maximum Gasteiger partial charge on any atom is 0.161 e. The zero-order valence-electron chi connectivity index (χ0n) is 10.2. The predicted octanol–water partition coefficient (Wildman–Crippen LogP) is 2.94. The van der Waals surface area contributed by atoms with Crippen LogP contribution in [0.3, 0.4) is 0 Å². The topological polar surface area (TPSA) is 30.5 Å². The first-order valence-corrected chi connectivity index (χ1v) is 6.01. The van der Waals surface area contributed by atoms with Crippen molar-refractivity contribution in [3.05, 3.63) is 35.4 Å². The highest BCUT2D eigenvalue weighted by molar-refractivity contribution is 6.25. The highest BCUT2D eigenvalue weighted by Crippen LogP contribution is 2.28. The Morgan fingerprint density at radius 2 is 2.18 bits per heavy atom. The van der Waals surface area contributed by atoms with Crippen LogP contribution in [0, 0.1) is 0 Å². The van der Waals surface area contributed by atoms with Gasteiger partial charge in [-0.3, -0.25) is 0 Å². The second-order valence-corrected chi connectivity index (χ2v) is 3.69. The highest BCUT2D eigenvalue weighted by Gasteiger charge is 2.04. The van der Waals surface area contributed by atoms with Gasteiger partial charge in [0, 0.05) is 12.1 Å². The highest BCUT2D eigenvalue weighted by atomic mass is 35.5. The van der Waals surface area contributed by atoms with E-state index in [-0.39, 0.29) is 0 Å². The van der Waals surface area contributed by atoms with Gasteiger partial charge in [-0.2, -0.15) is 0 Å². The van der Waals surface area contributed by atoms with E-state index in [2.05, 4.69) is 12.2 Å². The normalized spacial score (nSPS) is 10.8. The van der Waals surface area contributed by atoms with Gasteiger partial charge in [-0.15, -0.1) is 0 Å². The monoisotopic (exact) mass is 255 g/mol.